The van der Waals surface area contributed by atoms with E-state index in [0.717, 1.165) is 56.5 Å². The summed E-state index contributed by atoms with van der Waals surface area (Å²) >= 11 is 0. The summed E-state index contributed by atoms with van der Waals surface area (Å²) in [6.07, 6.45) is -0.434. The predicted octanol–water partition coefficient (Wildman–Crippen LogP) is 4.17. The summed E-state index contributed by atoms with van der Waals surface area (Å²) < 4.78 is 39.3. The Hall–Kier alpha value is -1.03. The molecule has 1 aliphatic carbocycles. The maximum Gasteiger partial charge on any atom is 0.416 e. The minimum atomic E-state index is -4.33. The van der Waals surface area contributed by atoms with E-state index in [4.69, 9.17) is 4.99 Å². The lowest BCUT2D eigenvalue weighted by Gasteiger charge is -2.42. The zero-order valence-corrected chi connectivity index (χ0v) is 18.5. The summed E-state index contributed by atoms with van der Waals surface area (Å²) in [6, 6.07) is 5.72. The van der Waals surface area contributed by atoms with Crippen molar-refractivity contribution in [3.05, 3.63) is 35.4 Å². The molecular formula is C20H29F3IN3O. The third kappa shape index (κ3) is 5.31. The fourth-order valence-electron chi connectivity index (χ4n) is 3.90. The molecule has 1 saturated carbocycles. The molecule has 0 bridgehead atoms. The maximum atomic E-state index is 13.1. The van der Waals surface area contributed by atoms with Crippen molar-refractivity contribution in [2.75, 3.05) is 26.2 Å². The molecule has 28 heavy (non-hydrogen) atoms. The van der Waals surface area contributed by atoms with E-state index < -0.39 is 11.7 Å². The summed E-state index contributed by atoms with van der Waals surface area (Å²) in [5.41, 5.74) is -0.165. The van der Waals surface area contributed by atoms with Crippen LogP contribution >= 0.6 is 24.0 Å². The number of aliphatic hydroxyl groups excluding tert-OH is 1. The van der Waals surface area contributed by atoms with Crippen LogP contribution in [0.4, 0.5) is 13.2 Å². The SMILES string of the molecule is CCNC(=NCC1(c2cccc(C(F)(F)F)c2)CCC1)N1CCC(O)CC1.I. The van der Waals surface area contributed by atoms with Gasteiger partial charge in [0, 0.05) is 25.0 Å². The van der Waals surface area contributed by atoms with Gasteiger partial charge in [-0.05, 0) is 44.2 Å². The number of guanidine groups is 1. The van der Waals surface area contributed by atoms with E-state index in [1.165, 1.54) is 12.1 Å². The number of benzene rings is 1. The molecule has 0 radical (unpaired) electrons. The van der Waals surface area contributed by atoms with Gasteiger partial charge >= 0.3 is 6.18 Å². The molecule has 3 rings (SSSR count). The minimum absolute atomic E-state index is 0. The van der Waals surface area contributed by atoms with Crippen molar-refractivity contribution in [2.24, 2.45) is 4.99 Å². The zero-order chi connectivity index (χ0) is 19.5. The first-order chi connectivity index (χ1) is 12.8. The molecule has 1 saturated heterocycles. The van der Waals surface area contributed by atoms with Crippen molar-refractivity contribution < 1.29 is 18.3 Å². The van der Waals surface area contributed by atoms with Gasteiger partial charge in [0.1, 0.15) is 0 Å². The van der Waals surface area contributed by atoms with Crippen LogP contribution in [0.3, 0.4) is 0 Å². The van der Waals surface area contributed by atoms with Crippen LogP contribution in [0.25, 0.3) is 0 Å². The van der Waals surface area contributed by atoms with Gasteiger partial charge < -0.3 is 15.3 Å². The van der Waals surface area contributed by atoms with Crippen molar-refractivity contribution in [3.8, 4) is 0 Å². The van der Waals surface area contributed by atoms with Crippen LogP contribution in [0, 0.1) is 0 Å². The Balaban J connectivity index is 0.00000280. The molecule has 0 spiro atoms. The summed E-state index contributed by atoms with van der Waals surface area (Å²) in [5.74, 6) is 0.794. The lowest BCUT2D eigenvalue weighted by atomic mass is 9.64. The van der Waals surface area contributed by atoms with Gasteiger partial charge in [-0.3, -0.25) is 4.99 Å². The normalized spacial score (nSPS) is 20.3. The second kappa shape index (κ2) is 9.65. The third-order valence-electron chi connectivity index (χ3n) is 5.74. The Morgan fingerprint density at radius 1 is 1.29 bits per heavy atom. The lowest BCUT2D eigenvalue weighted by Crippen LogP contribution is -2.47. The van der Waals surface area contributed by atoms with Gasteiger partial charge in [-0.1, -0.05) is 24.6 Å². The summed E-state index contributed by atoms with van der Waals surface area (Å²) in [4.78, 5) is 6.93. The second-order valence-electron chi connectivity index (χ2n) is 7.60. The third-order valence-corrected chi connectivity index (χ3v) is 5.74. The van der Waals surface area contributed by atoms with Crippen LogP contribution in [-0.2, 0) is 11.6 Å². The van der Waals surface area contributed by atoms with Crippen LogP contribution in [0.1, 0.15) is 50.2 Å². The highest BCUT2D eigenvalue weighted by Crippen LogP contribution is 2.45. The molecule has 2 N–H and O–H groups in total. The van der Waals surface area contributed by atoms with E-state index in [1.54, 1.807) is 6.07 Å². The Kier molecular flexibility index (Phi) is 8.01. The molecule has 0 aromatic heterocycles. The monoisotopic (exact) mass is 511 g/mol. The van der Waals surface area contributed by atoms with Crippen molar-refractivity contribution in [1.82, 2.24) is 10.2 Å². The molecule has 1 aromatic rings. The summed E-state index contributed by atoms with van der Waals surface area (Å²) in [5, 5.41) is 13.0. The van der Waals surface area contributed by atoms with Gasteiger partial charge in [-0.15, -0.1) is 24.0 Å². The Morgan fingerprint density at radius 2 is 1.96 bits per heavy atom. The average molecular weight is 511 g/mol. The Bertz CT molecular complexity index is 669. The molecule has 2 aliphatic rings. The van der Waals surface area contributed by atoms with E-state index in [1.807, 2.05) is 6.92 Å². The number of rotatable bonds is 4. The van der Waals surface area contributed by atoms with Crippen LogP contribution < -0.4 is 5.32 Å². The van der Waals surface area contributed by atoms with E-state index in [9.17, 15) is 18.3 Å². The fraction of sp³-hybridized carbons (Fsp3) is 0.650. The topological polar surface area (TPSA) is 47.9 Å². The molecule has 0 amide bonds. The molecule has 4 nitrogen and oxygen atoms in total. The maximum absolute atomic E-state index is 13.1. The highest BCUT2D eigenvalue weighted by molar-refractivity contribution is 14.0. The van der Waals surface area contributed by atoms with Gasteiger partial charge in [0.2, 0.25) is 0 Å². The summed E-state index contributed by atoms with van der Waals surface area (Å²) in [6.45, 7) is 4.69. The van der Waals surface area contributed by atoms with Crippen LogP contribution in [0.15, 0.2) is 29.3 Å². The number of nitrogens with one attached hydrogen (secondary N) is 1. The molecule has 1 aromatic carbocycles. The Morgan fingerprint density at radius 3 is 2.50 bits per heavy atom. The van der Waals surface area contributed by atoms with E-state index in [-0.39, 0.29) is 35.5 Å². The van der Waals surface area contributed by atoms with Gasteiger partial charge in [-0.2, -0.15) is 13.2 Å². The first-order valence-corrected chi connectivity index (χ1v) is 9.73. The minimum Gasteiger partial charge on any atom is -0.393 e. The van der Waals surface area contributed by atoms with E-state index in [2.05, 4.69) is 10.2 Å². The lowest BCUT2D eigenvalue weighted by molar-refractivity contribution is -0.137. The number of piperidine rings is 1. The molecule has 1 heterocycles. The van der Waals surface area contributed by atoms with Gasteiger partial charge in [0.15, 0.2) is 5.96 Å². The molecule has 2 fully saturated rings. The molecule has 1 aliphatic heterocycles. The first kappa shape index (κ1) is 23.3. The number of aliphatic hydroxyl groups is 1. The number of halogens is 4. The largest absolute Gasteiger partial charge is 0.416 e. The highest BCUT2D eigenvalue weighted by atomic mass is 127. The number of aliphatic imine (C=N–C) groups is 1. The number of nitrogens with zero attached hydrogens (tertiary/aromatic N) is 2. The molecule has 8 heteroatoms. The quantitative estimate of drug-likeness (QED) is 0.363. The Labute approximate surface area is 181 Å². The fourth-order valence-corrected chi connectivity index (χ4v) is 3.90. The summed E-state index contributed by atoms with van der Waals surface area (Å²) in [7, 11) is 0. The molecule has 158 valence electrons. The molecule has 0 atom stereocenters. The van der Waals surface area contributed by atoms with Gasteiger partial charge in [0.25, 0.3) is 0 Å². The van der Waals surface area contributed by atoms with Crippen LogP contribution in [0.2, 0.25) is 0 Å². The van der Waals surface area contributed by atoms with Gasteiger partial charge in [0.05, 0.1) is 18.2 Å². The van der Waals surface area contributed by atoms with Crippen LogP contribution in [-0.4, -0.2) is 48.2 Å². The predicted molar refractivity (Wildman–Crippen MR) is 115 cm³/mol. The number of hydrogen-bond donors (Lipinski definition) is 2. The molecule has 0 unspecified atom stereocenters. The van der Waals surface area contributed by atoms with Crippen molar-refractivity contribution in [3.63, 3.8) is 0 Å². The smallest absolute Gasteiger partial charge is 0.393 e. The average Bonchev–Trinajstić information content (AvgIpc) is 2.60. The van der Waals surface area contributed by atoms with E-state index >= 15 is 0 Å². The standard InChI is InChI=1S/C20H28F3N3O.HI/c1-2-24-18(26-11-7-17(27)8-12-26)25-14-19(9-4-10-19)15-5-3-6-16(13-15)20(21,22)23;/h3,5-6,13,17,27H,2,4,7-12,14H2,1H3,(H,24,25);1H. The molecular weight excluding hydrogens is 482 g/mol. The van der Waals surface area contributed by atoms with Gasteiger partial charge in [-0.25, -0.2) is 0 Å². The van der Waals surface area contributed by atoms with Crippen molar-refractivity contribution in [2.45, 2.75) is 56.7 Å². The number of hydrogen-bond acceptors (Lipinski definition) is 2. The zero-order valence-electron chi connectivity index (χ0n) is 16.1. The number of likely N-dealkylation sites (tertiary alicyclic amines) is 1. The van der Waals surface area contributed by atoms with Crippen LogP contribution in [0.5, 0.6) is 0 Å². The van der Waals surface area contributed by atoms with Crippen molar-refractivity contribution in [1.29, 1.82) is 0 Å². The van der Waals surface area contributed by atoms with Crippen molar-refractivity contribution >= 4 is 29.9 Å². The number of alkyl halides is 3. The first-order valence-electron chi connectivity index (χ1n) is 9.73. The van der Waals surface area contributed by atoms with E-state index in [0.29, 0.717) is 19.4 Å². The second-order valence-corrected chi connectivity index (χ2v) is 7.60. The highest BCUT2D eigenvalue weighted by Gasteiger charge is 2.40.